The number of nitrogens with zero attached hydrogens (tertiary/aromatic N) is 1. The van der Waals surface area contributed by atoms with E-state index in [1.807, 2.05) is 6.92 Å². The Hall–Kier alpha value is -1.62. The number of carbonyl (C=O) groups excluding carboxylic acids is 1. The van der Waals surface area contributed by atoms with E-state index in [1.54, 1.807) is 19.2 Å². The minimum atomic E-state index is -0.468. The third-order valence-corrected chi connectivity index (χ3v) is 2.62. The molecule has 0 aromatic heterocycles. The van der Waals surface area contributed by atoms with Crippen LogP contribution in [0.2, 0.25) is 0 Å². The second-order valence-corrected chi connectivity index (χ2v) is 4.08. The molecule has 0 saturated carbocycles. The average molecular weight is 254 g/mol. The normalized spacial score (nSPS) is 12.0. The van der Waals surface area contributed by atoms with Gasteiger partial charge in [0.2, 0.25) is 5.91 Å². The van der Waals surface area contributed by atoms with E-state index < -0.39 is 6.04 Å². The molecule has 1 amide bonds. The molecular formula is C13H19FN2O2. The van der Waals surface area contributed by atoms with Crippen LogP contribution in [-0.4, -0.2) is 37.0 Å². The molecule has 1 rings (SSSR count). The lowest BCUT2D eigenvalue weighted by molar-refractivity contribution is -0.131. The van der Waals surface area contributed by atoms with Gasteiger partial charge in [0.05, 0.1) is 12.6 Å². The predicted octanol–water partition coefficient (Wildman–Crippen LogP) is 1.40. The Morgan fingerprint density at radius 3 is 2.89 bits per heavy atom. The van der Waals surface area contributed by atoms with Crippen molar-refractivity contribution in [2.45, 2.75) is 19.4 Å². The van der Waals surface area contributed by atoms with Gasteiger partial charge in [0, 0.05) is 13.1 Å². The van der Waals surface area contributed by atoms with Gasteiger partial charge in [-0.05, 0) is 18.6 Å². The Morgan fingerprint density at radius 1 is 1.56 bits per heavy atom. The smallest absolute Gasteiger partial charge is 0.239 e. The molecule has 1 atom stereocenters. The Kier molecular flexibility index (Phi) is 5.58. The Labute approximate surface area is 107 Å². The van der Waals surface area contributed by atoms with Crippen LogP contribution < -0.4 is 10.5 Å². The van der Waals surface area contributed by atoms with Crippen molar-refractivity contribution in [2.24, 2.45) is 5.73 Å². The maximum absolute atomic E-state index is 12.9. The van der Waals surface area contributed by atoms with Crippen molar-refractivity contribution < 1.29 is 13.9 Å². The van der Waals surface area contributed by atoms with Gasteiger partial charge in [0.1, 0.15) is 18.2 Å². The first kappa shape index (κ1) is 14.4. The molecule has 0 bridgehead atoms. The van der Waals surface area contributed by atoms with Crippen LogP contribution in [0.5, 0.6) is 5.75 Å². The molecule has 0 heterocycles. The molecule has 0 aliphatic heterocycles. The molecule has 0 fully saturated rings. The van der Waals surface area contributed by atoms with Gasteiger partial charge in [-0.3, -0.25) is 4.79 Å². The SMILES string of the molecule is CC[C@H](N)C(=O)N(C)CCOc1cccc(F)c1. The molecule has 0 unspecified atom stereocenters. The Balaban J connectivity index is 2.35. The van der Waals surface area contributed by atoms with E-state index >= 15 is 0 Å². The quantitative estimate of drug-likeness (QED) is 0.835. The number of hydrogen-bond acceptors (Lipinski definition) is 3. The molecule has 0 saturated heterocycles. The fraction of sp³-hybridized carbons (Fsp3) is 0.462. The van der Waals surface area contributed by atoms with Gasteiger partial charge in [-0.15, -0.1) is 0 Å². The van der Waals surface area contributed by atoms with Crippen molar-refractivity contribution in [3.05, 3.63) is 30.1 Å². The minimum absolute atomic E-state index is 0.111. The number of benzene rings is 1. The van der Waals surface area contributed by atoms with E-state index in [0.717, 1.165) is 0 Å². The summed E-state index contributed by atoms with van der Waals surface area (Å²) in [5, 5.41) is 0. The summed E-state index contributed by atoms with van der Waals surface area (Å²) >= 11 is 0. The summed E-state index contributed by atoms with van der Waals surface area (Å²) in [6.45, 7) is 2.59. The number of halogens is 1. The number of nitrogens with two attached hydrogens (primary N) is 1. The van der Waals surface area contributed by atoms with E-state index in [2.05, 4.69) is 0 Å². The topological polar surface area (TPSA) is 55.6 Å². The lowest BCUT2D eigenvalue weighted by Crippen LogP contribution is -2.42. The third-order valence-electron chi connectivity index (χ3n) is 2.62. The van der Waals surface area contributed by atoms with Crippen LogP contribution in [-0.2, 0) is 4.79 Å². The average Bonchev–Trinajstić information content (AvgIpc) is 2.36. The highest BCUT2D eigenvalue weighted by atomic mass is 19.1. The van der Waals surface area contributed by atoms with Crippen LogP contribution in [0.1, 0.15) is 13.3 Å². The van der Waals surface area contributed by atoms with E-state index in [9.17, 15) is 9.18 Å². The van der Waals surface area contributed by atoms with Crippen molar-refractivity contribution in [2.75, 3.05) is 20.2 Å². The van der Waals surface area contributed by atoms with Crippen LogP contribution in [0.3, 0.4) is 0 Å². The number of carbonyl (C=O) groups is 1. The fourth-order valence-corrected chi connectivity index (χ4v) is 1.43. The molecule has 0 radical (unpaired) electrons. The molecule has 1 aromatic carbocycles. The lowest BCUT2D eigenvalue weighted by Gasteiger charge is -2.20. The van der Waals surface area contributed by atoms with Crippen molar-refractivity contribution in [1.29, 1.82) is 0 Å². The van der Waals surface area contributed by atoms with Crippen molar-refractivity contribution in [3.8, 4) is 5.75 Å². The standard InChI is InChI=1S/C13H19FN2O2/c1-3-12(15)13(17)16(2)7-8-18-11-6-4-5-10(14)9-11/h4-6,9,12H,3,7-8,15H2,1-2H3/t12-/m0/s1. The highest BCUT2D eigenvalue weighted by Gasteiger charge is 2.15. The van der Waals surface area contributed by atoms with E-state index in [4.69, 9.17) is 10.5 Å². The van der Waals surface area contributed by atoms with Crippen molar-refractivity contribution in [1.82, 2.24) is 4.90 Å². The Bertz CT molecular complexity index is 398. The van der Waals surface area contributed by atoms with Gasteiger partial charge in [0.25, 0.3) is 0 Å². The van der Waals surface area contributed by atoms with Crippen molar-refractivity contribution >= 4 is 5.91 Å². The van der Waals surface area contributed by atoms with Gasteiger partial charge in [0.15, 0.2) is 0 Å². The molecule has 4 nitrogen and oxygen atoms in total. The summed E-state index contributed by atoms with van der Waals surface area (Å²) in [6, 6.07) is 5.43. The molecule has 0 aliphatic rings. The summed E-state index contributed by atoms with van der Waals surface area (Å²) in [7, 11) is 1.67. The maximum Gasteiger partial charge on any atom is 0.239 e. The highest BCUT2D eigenvalue weighted by Crippen LogP contribution is 2.11. The molecule has 0 spiro atoms. The van der Waals surface area contributed by atoms with Crippen LogP contribution in [0.15, 0.2) is 24.3 Å². The van der Waals surface area contributed by atoms with Crippen LogP contribution in [0, 0.1) is 5.82 Å². The maximum atomic E-state index is 12.9. The van der Waals surface area contributed by atoms with Gasteiger partial charge < -0.3 is 15.4 Å². The number of ether oxygens (including phenoxy) is 1. The fourth-order valence-electron chi connectivity index (χ4n) is 1.43. The summed E-state index contributed by atoms with van der Waals surface area (Å²) in [4.78, 5) is 13.2. The monoisotopic (exact) mass is 254 g/mol. The van der Waals surface area contributed by atoms with Gasteiger partial charge >= 0.3 is 0 Å². The highest BCUT2D eigenvalue weighted by molar-refractivity contribution is 5.81. The van der Waals surface area contributed by atoms with E-state index in [0.29, 0.717) is 25.3 Å². The van der Waals surface area contributed by atoms with Gasteiger partial charge in [-0.25, -0.2) is 4.39 Å². The summed E-state index contributed by atoms with van der Waals surface area (Å²) in [5.41, 5.74) is 5.64. The number of likely N-dealkylation sites (N-methyl/N-ethyl adjacent to an activating group) is 1. The third kappa shape index (κ3) is 4.33. The van der Waals surface area contributed by atoms with Crippen LogP contribution >= 0.6 is 0 Å². The first-order valence-electron chi connectivity index (χ1n) is 5.93. The lowest BCUT2D eigenvalue weighted by atomic mass is 10.2. The minimum Gasteiger partial charge on any atom is -0.492 e. The first-order valence-corrected chi connectivity index (χ1v) is 5.93. The number of rotatable bonds is 6. The van der Waals surface area contributed by atoms with Gasteiger partial charge in [-0.2, -0.15) is 0 Å². The number of hydrogen-bond donors (Lipinski definition) is 1. The second-order valence-electron chi connectivity index (χ2n) is 4.08. The van der Waals surface area contributed by atoms with E-state index in [1.165, 1.54) is 17.0 Å². The van der Waals surface area contributed by atoms with Crippen molar-refractivity contribution in [3.63, 3.8) is 0 Å². The Morgan fingerprint density at radius 2 is 2.28 bits per heavy atom. The summed E-state index contributed by atoms with van der Waals surface area (Å²) < 4.78 is 18.2. The van der Waals surface area contributed by atoms with Crippen LogP contribution in [0.25, 0.3) is 0 Å². The summed E-state index contributed by atoms with van der Waals surface area (Å²) in [5.74, 6) is 0.000849. The molecule has 1 aromatic rings. The first-order chi connectivity index (χ1) is 8.54. The largest absolute Gasteiger partial charge is 0.492 e. The molecule has 0 aliphatic carbocycles. The second kappa shape index (κ2) is 6.96. The van der Waals surface area contributed by atoms with Crippen LogP contribution in [0.4, 0.5) is 4.39 Å². The molecular weight excluding hydrogens is 235 g/mol. The number of amides is 1. The predicted molar refractivity (Wildman–Crippen MR) is 67.8 cm³/mol. The molecule has 5 heteroatoms. The molecule has 100 valence electrons. The summed E-state index contributed by atoms with van der Waals surface area (Å²) in [6.07, 6.45) is 0.605. The molecule has 2 N–H and O–H groups in total. The zero-order valence-corrected chi connectivity index (χ0v) is 10.7. The molecule has 18 heavy (non-hydrogen) atoms. The zero-order valence-electron chi connectivity index (χ0n) is 10.7. The van der Waals surface area contributed by atoms with E-state index in [-0.39, 0.29) is 11.7 Å². The van der Waals surface area contributed by atoms with Gasteiger partial charge in [-0.1, -0.05) is 13.0 Å². The zero-order chi connectivity index (χ0) is 13.5.